The Labute approximate surface area is 213 Å². The van der Waals surface area contributed by atoms with E-state index in [4.69, 9.17) is 9.47 Å². The fraction of sp³-hybridized carbons (Fsp3) is 0.107. The van der Waals surface area contributed by atoms with Crippen molar-refractivity contribution in [1.82, 2.24) is 5.43 Å². The average Bonchev–Trinajstić information content (AvgIpc) is 3.17. The highest BCUT2D eigenvalue weighted by Gasteiger charge is 2.34. The van der Waals surface area contributed by atoms with Gasteiger partial charge in [0.25, 0.3) is 17.7 Å². The summed E-state index contributed by atoms with van der Waals surface area (Å²) in [5, 5.41) is 3.75. The molecular weight excluding hydrogens is 477 g/mol. The van der Waals surface area contributed by atoms with Gasteiger partial charge in [0.15, 0.2) is 18.1 Å². The first-order valence-electron chi connectivity index (χ1n) is 11.3. The van der Waals surface area contributed by atoms with Crippen LogP contribution in [-0.2, 0) is 20.8 Å². The van der Waals surface area contributed by atoms with Crippen molar-refractivity contribution in [1.29, 1.82) is 0 Å². The Balaban J connectivity index is 1.57. The van der Waals surface area contributed by atoms with Crippen LogP contribution in [0.2, 0.25) is 0 Å². The van der Waals surface area contributed by atoms with Gasteiger partial charge in [-0.3, -0.25) is 19.8 Å². The molecule has 0 radical (unpaired) electrons. The second-order valence-electron chi connectivity index (χ2n) is 8.03. The summed E-state index contributed by atoms with van der Waals surface area (Å²) in [6.07, 6.45) is 3.48. The number of rotatable bonds is 9. The highest BCUT2D eigenvalue weighted by molar-refractivity contribution is 6.31. The van der Waals surface area contributed by atoms with Gasteiger partial charge in [-0.2, -0.15) is 0 Å². The summed E-state index contributed by atoms with van der Waals surface area (Å²) in [6, 6.07) is 17.6. The van der Waals surface area contributed by atoms with Crippen LogP contribution in [0.15, 0.2) is 85.0 Å². The van der Waals surface area contributed by atoms with Crippen molar-refractivity contribution in [2.45, 2.75) is 6.42 Å². The summed E-state index contributed by atoms with van der Waals surface area (Å²) in [5.41, 5.74) is 4.52. The molecule has 188 valence electrons. The minimum Gasteiger partial charge on any atom is -0.493 e. The van der Waals surface area contributed by atoms with E-state index in [0.717, 1.165) is 0 Å². The van der Waals surface area contributed by atoms with Gasteiger partial charge in [-0.1, -0.05) is 30.3 Å². The van der Waals surface area contributed by atoms with E-state index in [1.54, 1.807) is 48.5 Å². The van der Waals surface area contributed by atoms with Crippen molar-refractivity contribution in [3.63, 3.8) is 0 Å². The van der Waals surface area contributed by atoms with Gasteiger partial charge in [0.05, 0.1) is 12.8 Å². The lowest BCUT2D eigenvalue weighted by atomic mass is 10.0. The molecule has 1 heterocycles. The Bertz CT molecular complexity index is 1390. The van der Waals surface area contributed by atoms with Gasteiger partial charge in [0.2, 0.25) is 0 Å². The molecule has 0 spiro atoms. The third-order valence-electron chi connectivity index (χ3n) is 5.41. The number of halogens is 1. The number of anilines is 2. The molecule has 8 nitrogen and oxygen atoms in total. The van der Waals surface area contributed by atoms with Crippen molar-refractivity contribution >= 4 is 35.2 Å². The molecule has 1 saturated heterocycles. The van der Waals surface area contributed by atoms with Crippen LogP contribution in [0, 0.1) is 5.82 Å². The number of carbonyl (C=O) groups is 3. The number of hydrazine groups is 1. The van der Waals surface area contributed by atoms with Gasteiger partial charge in [-0.25, -0.2) is 9.40 Å². The highest BCUT2D eigenvalue weighted by atomic mass is 19.1. The fourth-order valence-electron chi connectivity index (χ4n) is 3.77. The summed E-state index contributed by atoms with van der Waals surface area (Å²) < 4.78 is 24.6. The number of methoxy groups -OCH3 is 1. The Morgan fingerprint density at radius 1 is 1.11 bits per heavy atom. The average molecular weight is 502 g/mol. The maximum atomic E-state index is 13.4. The molecule has 0 aromatic heterocycles. The standard InChI is InChI=1S/C28H24FN3O5/c1-3-8-19-13-18(14-23-27(34)31-32(28(23)35)22-11-5-4-6-12-22)15-24(36-2)26(19)37-17-25(33)30-21-10-7-9-20(29)16-21/h3-7,9-16H,1,8,17H2,2H3,(H,30,33)(H,31,34)/b23-14-. The molecule has 2 N–H and O–H groups in total. The topological polar surface area (TPSA) is 97.0 Å². The van der Waals surface area contributed by atoms with Crippen LogP contribution in [0.3, 0.4) is 0 Å². The zero-order valence-electron chi connectivity index (χ0n) is 20.0. The number of hydrogen-bond donors (Lipinski definition) is 2. The number of nitrogens with one attached hydrogen (secondary N) is 2. The van der Waals surface area contributed by atoms with E-state index in [1.165, 1.54) is 36.4 Å². The maximum Gasteiger partial charge on any atom is 0.282 e. The molecule has 1 aliphatic rings. The van der Waals surface area contributed by atoms with Crippen molar-refractivity contribution in [2.75, 3.05) is 24.0 Å². The molecule has 9 heteroatoms. The van der Waals surface area contributed by atoms with Crippen LogP contribution in [0.1, 0.15) is 11.1 Å². The van der Waals surface area contributed by atoms with Gasteiger partial charge in [0.1, 0.15) is 11.4 Å². The zero-order chi connectivity index (χ0) is 26.4. The van der Waals surface area contributed by atoms with Gasteiger partial charge < -0.3 is 14.8 Å². The van der Waals surface area contributed by atoms with Gasteiger partial charge in [-0.15, -0.1) is 6.58 Å². The molecule has 1 aliphatic heterocycles. The van der Waals surface area contributed by atoms with Crippen molar-refractivity contribution in [3.05, 3.63) is 102 Å². The largest absolute Gasteiger partial charge is 0.493 e. The number of benzene rings is 3. The van der Waals surface area contributed by atoms with Crippen LogP contribution in [-0.4, -0.2) is 31.4 Å². The van der Waals surface area contributed by atoms with Crippen LogP contribution in [0.5, 0.6) is 11.5 Å². The fourth-order valence-corrected chi connectivity index (χ4v) is 3.77. The molecule has 4 rings (SSSR count). The van der Waals surface area contributed by atoms with E-state index in [-0.39, 0.29) is 12.2 Å². The number of amides is 3. The van der Waals surface area contributed by atoms with E-state index < -0.39 is 23.5 Å². The Morgan fingerprint density at radius 2 is 1.89 bits per heavy atom. The second kappa shape index (κ2) is 11.2. The van der Waals surface area contributed by atoms with Crippen LogP contribution < -0.4 is 25.2 Å². The molecule has 0 atom stereocenters. The first kappa shape index (κ1) is 25.2. The first-order chi connectivity index (χ1) is 17.9. The number of hydrogen-bond acceptors (Lipinski definition) is 5. The third-order valence-corrected chi connectivity index (χ3v) is 5.41. The SMILES string of the molecule is C=CCc1cc(/C=C2/C(=O)NN(c3ccccc3)C2=O)cc(OC)c1OCC(=O)Nc1cccc(F)c1. The summed E-state index contributed by atoms with van der Waals surface area (Å²) in [6.45, 7) is 3.40. The van der Waals surface area contributed by atoms with Gasteiger partial charge in [0, 0.05) is 11.3 Å². The lowest BCUT2D eigenvalue weighted by molar-refractivity contribution is -0.118. The molecule has 3 aromatic rings. The molecular formula is C28H24FN3O5. The minimum atomic E-state index is -0.535. The molecule has 0 saturated carbocycles. The minimum absolute atomic E-state index is 0.0430. The molecule has 1 fully saturated rings. The summed E-state index contributed by atoms with van der Waals surface area (Å²) in [4.78, 5) is 37.9. The smallest absolute Gasteiger partial charge is 0.282 e. The number of carbonyl (C=O) groups excluding carboxylic acids is 3. The van der Waals surface area contributed by atoms with Crippen LogP contribution in [0.25, 0.3) is 6.08 Å². The first-order valence-corrected chi connectivity index (χ1v) is 11.3. The number of nitrogens with zero attached hydrogens (tertiary/aromatic N) is 1. The molecule has 0 bridgehead atoms. The maximum absolute atomic E-state index is 13.4. The number of ether oxygens (including phenoxy) is 2. The normalized spacial score (nSPS) is 13.9. The van der Waals surface area contributed by atoms with Gasteiger partial charge >= 0.3 is 0 Å². The predicted molar refractivity (Wildman–Crippen MR) is 137 cm³/mol. The molecule has 3 aromatic carbocycles. The monoisotopic (exact) mass is 501 g/mol. The second-order valence-corrected chi connectivity index (χ2v) is 8.03. The van der Waals surface area contributed by atoms with Crippen molar-refractivity contribution in [2.24, 2.45) is 0 Å². The third kappa shape index (κ3) is 5.84. The predicted octanol–water partition coefficient (Wildman–Crippen LogP) is 4.04. The van der Waals surface area contributed by atoms with E-state index in [9.17, 15) is 18.8 Å². The lowest BCUT2D eigenvalue weighted by Crippen LogP contribution is -2.35. The number of para-hydroxylation sites is 1. The van der Waals surface area contributed by atoms with E-state index >= 15 is 0 Å². The van der Waals surface area contributed by atoms with E-state index in [2.05, 4.69) is 17.3 Å². The molecule has 0 aliphatic carbocycles. The van der Waals surface area contributed by atoms with Gasteiger partial charge in [-0.05, 0) is 60.5 Å². The van der Waals surface area contributed by atoms with Crippen LogP contribution in [0.4, 0.5) is 15.8 Å². The van der Waals surface area contributed by atoms with Crippen molar-refractivity contribution in [3.8, 4) is 11.5 Å². The number of allylic oxidation sites excluding steroid dienone is 1. The Kier molecular flexibility index (Phi) is 7.63. The molecule has 3 amide bonds. The Hall–Kier alpha value is -4.92. The lowest BCUT2D eigenvalue weighted by Gasteiger charge is -2.16. The Morgan fingerprint density at radius 3 is 2.59 bits per heavy atom. The quantitative estimate of drug-likeness (QED) is 0.262. The van der Waals surface area contributed by atoms with Crippen LogP contribution >= 0.6 is 0 Å². The summed E-state index contributed by atoms with van der Waals surface area (Å²) in [5.74, 6) is -1.37. The zero-order valence-corrected chi connectivity index (χ0v) is 20.0. The summed E-state index contributed by atoms with van der Waals surface area (Å²) >= 11 is 0. The highest BCUT2D eigenvalue weighted by Crippen LogP contribution is 2.35. The molecule has 37 heavy (non-hydrogen) atoms. The molecule has 0 unspecified atom stereocenters. The van der Waals surface area contributed by atoms with E-state index in [0.29, 0.717) is 40.4 Å². The van der Waals surface area contributed by atoms with E-state index in [1.807, 2.05) is 6.07 Å². The summed E-state index contributed by atoms with van der Waals surface area (Å²) in [7, 11) is 1.44. The van der Waals surface area contributed by atoms with Crippen molar-refractivity contribution < 1.29 is 28.2 Å².